The zero-order chi connectivity index (χ0) is 15.8. The van der Waals surface area contributed by atoms with Crippen molar-refractivity contribution in [3.63, 3.8) is 0 Å². The zero-order valence-electron chi connectivity index (χ0n) is 13.4. The van der Waals surface area contributed by atoms with Crippen LogP contribution in [0.4, 0.5) is 5.13 Å². The van der Waals surface area contributed by atoms with Crippen LogP contribution in [0.2, 0.25) is 0 Å². The fourth-order valence-corrected chi connectivity index (χ4v) is 5.16. The van der Waals surface area contributed by atoms with Crippen LogP contribution in [0.25, 0.3) is 10.2 Å². The van der Waals surface area contributed by atoms with Gasteiger partial charge in [-0.1, -0.05) is 17.8 Å². The van der Waals surface area contributed by atoms with Crippen molar-refractivity contribution in [3.8, 4) is 5.75 Å². The molecule has 0 saturated heterocycles. The molecule has 0 spiro atoms. The number of hydrogen-bond donors (Lipinski definition) is 1. The molecule has 5 heteroatoms. The summed E-state index contributed by atoms with van der Waals surface area (Å²) in [6.45, 7) is 2.62. The number of benzene rings is 1. The Balaban J connectivity index is 1.41. The molecule has 0 aliphatic heterocycles. The largest absolute Gasteiger partial charge is 0.494 e. The second-order valence-electron chi connectivity index (χ2n) is 6.77. The van der Waals surface area contributed by atoms with Gasteiger partial charge in [-0.3, -0.25) is 4.79 Å². The minimum absolute atomic E-state index is 0.117. The highest BCUT2D eigenvalue weighted by Crippen LogP contribution is 2.49. The number of thiazole rings is 1. The summed E-state index contributed by atoms with van der Waals surface area (Å²) < 4.78 is 6.56. The fourth-order valence-electron chi connectivity index (χ4n) is 4.25. The van der Waals surface area contributed by atoms with Crippen LogP contribution in [-0.2, 0) is 4.79 Å². The molecule has 0 unspecified atom stereocenters. The molecule has 122 valence electrons. The highest BCUT2D eigenvalue weighted by Gasteiger charge is 2.40. The number of aromatic nitrogens is 1. The summed E-state index contributed by atoms with van der Waals surface area (Å²) in [5.74, 6) is 3.23. The lowest BCUT2D eigenvalue weighted by Gasteiger charge is -2.20. The van der Waals surface area contributed by atoms with Crippen molar-refractivity contribution in [1.82, 2.24) is 4.98 Å². The summed E-state index contributed by atoms with van der Waals surface area (Å²) in [4.78, 5) is 16.8. The molecule has 23 heavy (non-hydrogen) atoms. The van der Waals surface area contributed by atoms with Crippen LogP contribution >= 0.6 is 11.3 Å². The molecule has 4 nitrogen and oxygen atoms in total. The van der Waals surface area contributed by atoms with Crippen molar-refractivity contribution in [3.05, 3.63) is 18.2 Å². The molecule has 4 rings (SSSR count). The minimum atomic E-state index is 0.117. The Bertz CT molecular complexity index is 727. The van der Waals surface area contributed by atoms with E-state index in [2.05, 4.69) is 10.3 Å². The van der Waals surface area contributed by atoms with Gasteiger partial charge >= 0.3 is 0 Å². The number of carbonyl (C=O) groups excluding carboxylic acids is 1. The summed E-state index contributed by atoms with van der Waals surface area (Å²) in [6, 6.07) is 5.86. The van der Waals surface area contributed by atoms with E-state index < -0.39 is 0 Å². The highest BCUT2D eigenvalue weighted by atomic mass is 32.1. The minimum Gasteiger partial charge on any atom is -0.494 e. The van der Waals surface area contributed by atoms with E-state index in [0.717, 1.165) is 27.8 Å². The van der Waals surface area contributed by atoms with Gasteiger partial charge in [-0.25, -0.2) is 4.98 Å². The van der Waals surface area contributed by atoms with Gasteiger partial charge in [-0.15, -0.1) is 0 Å². The number of nitrogens with zero attached hydrogens (tertiary/aromatic N) is 1. The Hall–Kier alpha value is -1.62. The van der Waals surface area contributed by atoms with Gasteiger partial charge in [0.05, 0.1) is 16.8 Å². The number of nitrogens with one attached hydrogen (secondary N) is 1. The fraction of sp³-hybridized carbons (Fsp3) is 0.556. The Kier molecular flexibility index (Phi) is 3.97. The van der Waals surface area contributed by atoms with Crippen LogP contribution in [-0.4, -0.2) is 17.5 Å². The van der Waals surface area contributed by atoms with Gasteiger partial charge in [0.1, 0.15) is 5.75 Å². The second-order valence-corrected chi connectivity index (χ2v) is 7.80. The van der Waals surface area contributed by atoms with Crippen LogP contribution in [0, 0.1) is 17.8 Å². The summed E-state index contributed by atoms with van der Waals surface area (Å²) in [6.07, 6.45) is 5.95. The second kappa shape index (κ2) is 6.11. The third-order valence-corrected chi connectivity index (χ3v) is 6.18. The molecule has 2 aromatic rings. The molecule has 2 aliphatic carbocycles. The summed E-state index contributed by atoms with van der Waals surface area (Å²) in [7, 11) is 0. The van der Waals surface area contributed by atoms with Crippen LogP contribution in [0.1, 0.15) is 39.0 Å². The van der Waals surface area contributed by atoms with Gasteiger partial charge in [0.2, 0.25) is 5.91 Å². The first-order valence-electron chi connectivity index (χ1n) is 8.54. The quantitative estimate of drug-likeness (QED) is 0.880. The summed E-state index contributed by atoms with van der Waals surface area (Å²) in [5.41, 5.74) is 0.911. The lowest BCUT2D eigenvalue weighted by molar-refractivity contribution is -0.117. The van der Waals surface area contributed by atoms with E-state index >= 15 is 0 Å². The average Bonchev–Trinajstić information content (AvgIpc) is 3.21. The van der Waals surface area contributed by atoms with Crippen molar-refractivity contribution in [2.24, 2.45) is 17.8 Å². The Morgan fingerprint density at radius 3 is 3.04 bits per heavy atom. The molecular formula is C18H22N2O2S. The monoisotopic (exact) mass is 330 g/mol. The Morgan fingerprint density at radius 1 is 1.39 bits per heavy atom. The number of hydrogen-bond acceptors (Lipinski definition) is 4. The summed E-state index contributed by atoms with van der Waals surface area (Å²) in [5, 5.41) is 3.69. The van der Waals surface area contributed by atoms with E-state index in [4.69, 9.17) is 4.74 Å². The van der Waals surface area contributed by atoms with Gasteiger partial charge in [-0.05, 0) is 62.1 Å². The lowest BCUT2D eigenvalue weighted by atomic mass is 9.86. The molecule has 1 heterocycles. The van der Waals surface area contributed by atoms with Gasteiger partial charge in [0.25, 0.3) is 0 Å². The maximum absolute atomic E-state index is 12.3. The van der Waals surface area contributed by atoms with E-state index in [-0.39, 0.29) is 5.91 Å². The SMILES string of the molecule is CCOc1ccc2nc(NC(=O)C[C@@H]3C[C@H]4CC[C@@H]3C4)sc2c1. The third kappa shape index (κ3) is 3.07. The topological polar surface area (TPSA) is 51.2 Å². The molecule has 2 aliphatic rings. The predicted octanol–water partition coefficient (Wildman–Crippen LogP) is 4.46. The standard InChI is InChI=1S/C18H22N2O2S/c1-2-22-14-5-6-15-16(10-14)23-18(19-15)20-17(21)9-13-8-11-3-4-12(13)7-11/h5-6,10-13H,2-4,7-9H2,1H3,(H,19,20,21)/t11-,12+,13-/m0/s1. The smallest absolute Gasteiger partial charge is 0.226 e. The predicted molar refractivity (Wildman–Crippen MR) is 93.0 cm³/mol. The Morgan fingerprint density at radius 2 is 2.30 bits per heavy atom. The van der Waals surface area contributed by atoms with Crippen LogP contribution in [0.15, 0.2) is 18.2 Å². The Labute approximate surface area is 140 Å². The highest BCUT2D eigenvalue weighted by molar-refractivity contribution is 7.22. The van der Waals surface area contributed by atoms with E-state index in [9.17, 15) is 4.79 Å². The van der Waals surface area contributed by atoms with Gasteiger partial charge in [0.15, 0.2) is 5.13 Å². The van der Waals surface area contributed by atoms with E-state index in [0.29, 0.717) is 24.1 Å². The van der Waals surface area contributed by atoms with Crippen molar-refractivity contribution in [2.45, 2.75) is 39.0 Å². The molecule has 1 aromatic carbocycles. The molecule has 2 bridgehead atoms. The van der Waals surface area contributed by atoms with Crippen LogP contribution < -0.4 is 10.1 Å². The third-order valence-electron chi connectivity index (χ3n) is 5.25. The molecule has 1 aromatic heterocycles. The molecule has 1 amide bonds. The van der Waals surface area contributed by atoms with Gasteiger partial charge < -0.3 is 10.1 Å². The van der Waals surface area contributed by atoms with Gasteiger partial charge in [0, 0.05) is 6.42 Å². The molecule has 2 saturated carbocycles. The van der Waals surface area contributed by atoms with Crippen LogP contribution in [0.3, 0.4) is 0 Å². The molecule has 2 fully saturated rings. The molecule has 3 atom stereocenters. The van der Waals surface area contributed by atoms with Crippen molar-refractivity contribution >= 4 is 32.6 Å². The van der Waals surface area contributed by atoms with Gasteiger partial charge in [-0.2, -0.15) is 0 Å². The van der Waals surface area contributed by atoms with E-state index in [1.807, 2.05) is 25.1 Å². The number of ether oxygens (including phenoxy) is 1. The van der Waals surface area contributed by atoms with E-state index in [1.165, 1.54) is 37.0 Å². The maximum atomic E-state index is 12.3. The number of rotatable bonds is 5. The summed E-state index contributed by atoms with van der Waals surface area (Å²) >= 11 is 1.52. The van der Waals surface area contributed by atoms with E-state index in [1.54, 1.807) is 0 Å². The number of fused-ring (bicyclic) bond motifs is 3. The number of anilines is 1. The van der Waals surface area contributed by atoms with Crippen LogP contribution in [0.5, 0.6) is 5.75 Å². The first-order valence-corrected chi connectivity index (χ1v) is 9.36. The van der Waals surface area contributed by atoms with Crippen molar-refractivity contribution in [1.29, 1.82) is 0 Å². The lowest BCUT2D eigenvalue weighted by Crippen LogP contribution is -2.20. The first-order chi connectivity index (χ1) is 11.2. The normalized spacial score (nSPS) is 25.9. The number of amides is 1. The van der Waals surface area contributed by atoms with Crippen molar-refractivity contribution < 1.29 is 9.53 Å². The number of carbonyl (C=O) groups is 1. The van der Waals surface area contributed by atoms with Crippen molar-refractivity contribution in [2.75, 3.05) is 11.9 Å². The molecular weight excluding hydrogens is 308 g/mol. The maximum Gasteiger partial charge on any atom is 0.226 e. The average molecular weight is 330 g/mol. The molecule has 0 radical (unpaired) electrons. The zero-order valence-corrected chi connectivity index (χ0v) is 14.2. The molecule has 1 N–H and O–H groups in total. The first kappa shape index (κ1) is 14.9.